The number of nitriles is 1. The molecule has 182 valence electrons. The number of aryl methyl sites for hydroxylation is 1. The van der Waals surface area contributed by atoms with Gasteiger partial charge in [0.25, 0.3) is 5.91 Å². The van der Waals surface area contributed by atoms with Crippen molar-refractivity contribution in [2.24, 2.45) is 0 Å². The van der Waals surface area contributed by atoms with Crippen LogP contribution in [-0.4, -0.2) is 31.3 Å². The molecule has 0 saturated carbocycles. The van der Waals surface area contributed by atoms with E-state index in [1.54, 1.807) is 55.6 Å². The predicted octanol–water partition coefficient (Wildman–Crippen LogP) is 5.08. The summed E-state index contributed by atoms with van der Waals surface area (Å²) in [6.07, 6.45) is 0.471. The number of benzene rings is 3. The van der Waals surface area contributed by atoms with Crippen molar-refractivity contribution in [3.63, 3.8) is 0 Å². The van der Waals surface area contributed by atoms with Gasteiger partial charge in [-0.2, -0.15) is 5.26 Å². The van der Waals surface area contributed by atoms with Crippen LogP contribution in [0.25, 0.3) is 0 Å². The number of rotatable bonds is 7. The summed E-state index contributed by atoms with van der Waals surface area (Å²) in [6.45, 7) is 2.00. The van der Waals surface area contributed by atoms with Gasteiger partial charge in [-0.25, -0.2) is 0 Å². The first-order valence-corrected chi connectivity index (χ1v) is 12.1. The summed E-state index contributed by atoms with van der Waals surface area (Å²) < 4.78 is 10.6. The summed E-state index contributed by atoms with van der Waals surface area (Å²) in [5.74, 6) is 0.288. The Kier molecular flexibility index (Phi) is 7.62. The molecule has 0 aromatic heterocycles. The number of carbonyl (C=O) groups excluding carboxylic acids is 2. The van der Waals surface area contributed by atoms with Crippen molar-refractivity contribution in [2.75, 3.05) is 24.4 Å². The van der Waals surface area contributed by atoms with Crippen molar-refractivity contribution >= 4 is 35.0 Å². The molecule has 1 aliphatic rings. The standard InChI is InChI=1S/C28H25N3O4S/c1-18-8-4-5-9-19(18)16-25-27(33)31(20-12-14-21(34-2)15-13-20)28(36-25)22(17-29)26(32)30-23-10-6-7-11-24(23)35-3/h4-15,25H,16H2,1-3H3,(H,30,32)/b28-22-. The zero-order chi connectivity index (χ0) is 25.7. The van der Waals surface area contributed by atoms with Crippen LogP contribution in [0.4, 0.5) is 11.4 Å². The molecule has 0 spiro atoms. The van der Waals surface area contributed by atoms with Gasteiger partial charge >= 0.3 is 0 Å². The molecule has 3 aromatic carbocycles. The molecule has 1 saturated heterocycles. The smallest absolute Gasteiger partial charge is 0.269 e. The third-order valence-electron chi connectivity index (χ3n) is 5.86. The Hall–Kier alpha value is -4.22. The lowest BCUT2D eigenvalue weighted by molar-refractivity contribution is -0.117. The van der Waals surface area contributed by atoms with E-state index < -0.39 is 11.2 Å². The second-order valence-corrected chi connectivity index (χ2v) is 9.25. The van der Waals surface area contributed by atoms with E-state index in [1.807, 2.05) is 37.3 Å². The monoisotopic (exact) mass is 499 g/mol. The molecule has 4 rings (SSSR count). The highest BCUT2D eigenvalue weighted by Gasteiger charge is 2.41. The fourth-order valence-corrected chi connectivity index (χ4v) is 5.22. The second kappa shape index (κ2) is 11.0. The van der Waals surface area contributed by atoms with E-state index in [4.69, 9.17) is 9.47 Å². The minimum atomic E-state index is -0.618. The highest BCUT2D eigenvalue weighted by atomic mass is 32.2. The topological polar surface area (TPSA) is 91.7 Å². The van der Waals surface area contributed by atoms with Crippen LogP contribution in [0.5, 0.6) is 11.5 Å². The van der Waals surface area contributed by atoms with E-state index in [-0.39, 0.29) is 11.5 Å². The Balaban J connectivity index is 1.75. The van der Waals surface area contributed by atoms with Gasteiger partial charge in [0.1, 0.15) is 28.2 Å². The zero-order valence-corrected chi connectivity index (χ0v) is 21.0. The number of thioether (sulfide) groups is 1. The third-order valence-corrected chi connectivity index (χ3v) is 7.12. The molecule has 0 bridgehead atoms. The molecule has 8 heteroatoms. The van der Waals surface area contributed by atoms with Gasteiger partial charge in [-0.15, -0.1) is 0 Å². The Morgan fingerprint density at radius 2 is 1.72 bits per heavy atom. The van der Waals surface area contributed by atoms with Crippen LogP contribution in [-0.2, 0) is 16.0 Å². The van der Waals surface area contributed by atoms with Crippen LogP contribution >= 0.6 is 11.8 Å². The second-order valence-electron chi connectivity index (χ2n) is 8.06. The van der Waals surface area contributed by atoms with Crippen molar-refractivity contribution in [3.8, 4) is 17.6 Å². The normalized spacial score (nSPS) is 16.3. The van der Waals surface area contributed by atoms with Crippen molar-refractivity contribution < 1.29 is 19.1 Å². The molecule has 0 radical (unpaired) electrons. The summed E-state index contributed by atoms with van der Waals surface area (Å²) in [7, 11) is 3.06. The molecule has 2 amide bonds. The van der Waals surface area contributed by atoms with Crippen LogP contribution in [0.1, 0.15) is 11.1 Å². The minimum Gasteiger partial charge on any atom is -0.497 e. The van der Waals surface area contributed by atoms with Gasteiger partial charge in [-0.1, -0.05) is 48.2 Å². The van der Waals surface area contributed by atoms with Crippen LogP contribution in [0, 0.1) is 18.3 Å². The van der Waals surface area contributed by atoms with Crippen LogP contribution in [0.3, 0.4) is 0 Å². The summed E-state index contributed by atoms with van der Waals surface area (Å²) in [6, 6.07) is 23.8. The van der Waals surface area contributed by atoms with E-state index in [2.05, 4.69) is 5.32 Å². The summed E-state index contributed by atoms with van der Waals surface area (Å²) in [5.41, 5.74) is 2.95. The summed E-state index contributed by atoms with van der Waals surface area (Å²) in [4.78, 5) is 28.4. The average Bonchev–Trinajstić information content (AvgIpc) is 3.21. The molecular formula is C28H25N3O4S. The number of para-hydroxylation sites is 2. The number of carbonyl (C=O) groups is 2. The van der Waals surface area contributed by atoms with Gasteiger partial charge in [0.05, 0.1) is 25.2 Å². The number of nitrogens with one attached hydrogen (secondary N) is 1. The van der Waals surface area contributed by atoms with E-state index >= 15 is 0 Å². The fourth-order valence-electron chi connectivity index (χ4n) is 3.92. The first kappa shape index (κ1) is 24.9. The highest BCUT2D eigenvalue weighted by molar-refractivity contribution is 8.05. The number of anilines is 2. The lowest BCUT2D eigenvalue weighted by Gasteiger charge is -2.19. The molecule has 1 aliphatic heterocycles. The Bertz CT molecular complexity index is 1360. The lowest BCUT2D eigenvalue weighted by atomic mass is 10.0. The molecule has 0 aliphatic carbocycles. The van der Waals surface area contributed by atoms with Crippen molar-refractivity contribution in [1.29, 1.82) is 5.26 Å². The minimum absolute atomic E-state index is 0.151. The number of ether oxygens (including phenoxy) is 2. The Labute approximate surface area is 214 Å². The number of hydrogen-bond acceptors (Lipinski definition) is 6. The summed E-state index contributed by atoms with van der Waals surface area (Å²) >= 11 is 1.23. The molecular weight excluding hydrogens is 474 g/mol. The van der Waals surface area contributed by atoms with Crippen LogP contribution in [0.2, 0.25) is 0 Å². The molecule has 36 heavy (non-hydrogen) atoms. The van der Waals surface area contributed by atoms with Gasteiger partial charge in [-0.05, 0) is 60.9 Å². The van der Waals surface area contributed by atoms with E-state index in [1.165, 1.54) is 23.8 Å². The maximum Gasteiger partial charge on any atom is 0.269 e. The molecule has 1 atom stereocenters. The summed E-state index contributed by atoms with van der Waals surface area (Å²) in [5, 5.41) is 12.6. The van der Waals surface area contributed by atoms with Gasteiger partial charge in [0.2, 0.25) is 5.91 Å². The van der Waals surface area contributed by atoms with Crippen LogP contribution in [0.15, 0.2) is 83.4 Å². The van der Waals surface area contributed by atoms with E-state index in [9.17, 15) is 14.9 Å². The maximum atomic E-state index is 13.7. The van der Waals surface area contributed by atoms with Gasteiger partial charge in [0, 0.05) is 5.69 Å². The van der Waals surface area contributed by atoms with Gasteiger partial charge in [-0.3, -0.25) is 14.5 Å². The molecule has 1 heterocycles. The third kappa shape index (κ3) is 5.07. The SMILES string of the molecule is COc1ccc(N2C(=O)C(Cc3ccccc3C)S/C2=C(/C#N)C(=O)Nc2ccccc2OC)cc1. The van der Waals surface area contributed by atoms with E-state index in [0.717, 1.165) is 11.1 Å². The predicted molar refractivity (Wildman–Crippen MR) is 141 cm³/mol. The molecule has 1 N–H and O–H groups in total. The van der Waals surface area contributed by atoms with Crippen molar-refractivity contribution in [2.45, 2.75) is 18.6 Å². The number of nitrogens with zero attached hydrogens (tertiary/aromatic N) is 2. The number of methoxy groups -OCH3 is 2. The fraction of sp³-hybridized carbons (Fsp3) is 0.179. The first-order chi connectivity index (χ1) is 17.5. The first-order valence-electron chi connectivity index (χ1n) is 11.2. The number of hydrogen-bond donors (Lipinski definition) is 1. The largest absolute Gasteiger partial charge is 0.497 e. The average molecular weight is 500 g/mol. The molecule has 1 fully saturated rings. The zero-order valence-electron chi connectivity index (χ0n) is 20.1. The Morgan fingerprint density at radius 1 is 1.03 bits per heavy atom. The van der Waals surface area contributed by atoms with Crippen LogP contribution < -0.4 is 19.7 Å². The maximum absolute atomic E-state index is 13.7. The highest BCUT2D eigenvalue weighted by Crippen LogP contribution is 2.42. The quantitative estimate of drug-likeness (QED) is 0.360. The van der Waals surface area contributed by atoms with Gasteiger partial charge in [0.15, 0.2) is 0 Å². The molecule has 7 nitrogen and oxygen atoms in total. The van der Waals surface area contributed by atoms with Crippen molar-refractivity contribution in [3.05, 3.63) is 94.5 Å². The van der Waals surface area contributed by atoms with Gasteiger partial charge < -0.3 is 14.8 Å². The lowest BCUT2D eigenvalue weighted by Crippen LogP contribution is -2.31. The number of amides is 2. The Morgan fingerprint density at radius 3 is 2.39 bits per heavy atom. The molecule has 1 unspecified atom stereocenters. The van der Waals surface area contributed by atoms with Crippen molar-refractivity contribution in [1.82, 2.24) is 0 Å². The molecule has 3 aromatic rings. The van der Waals surface area contributed by atoms with E-state index in [0.29, 0.717) is 34.3 Å².